The maximum Gasteiger partial charge on any atom is 0.124 e. The van der Waals surface area contributed by atoms with Crippen molar-refractivity contribution in [3.8, 4) is 5.75 Å². The number of nitrogens with zero attached hydrogens (tertiary/aromatic N) is 2. The number of unbranched alkanes of at least 4 members (excludes halogenated alkanes) is 4. The third-order valence-corrected chi connectivity index (χ3v) is 5.70. The van der Waals surface area contributed by atoms with Gasteiger partial charge in [-0.1, -0.05) is 75.1 Å². The molecule has 2 aromatic rings. The predicted molar refractivity (Wildman–Crippen MR) is 123 cm³/mol. The van der Waals surface area contributed by atoms with Crippen molar-refractivity contribution >= 4 is 11.5 Å². The molecule has 1 aliphatic rings. The third-order valence-electron chi connectivity index (χ3n) is 5.70. The first kappa shape index (κ1) is 21.2. The summed E-state index contributed by atoms with van der Waals surface area (Å²) in [5, 5.41) is 10.4. The van der Waals surface area contributed by atoms with Gasteiger partial charge < -0.3 is 10.0 Å². The summed E-state index contributed by atoms with van der Waals surface area (Å²) in [7, 11) is 0. The van der Waals surface area contributed by atoms with Gasteiger partial charge in [0.05, 0.1) is 5.70 Å². The van der Waals surface area contributed by atoms with E-state index < -0.39 is 0 Å². The highest BCUT2D eigenvalue weighted by Crippen LogP contribution is 2.33. The van der Waals surface area contributed by atoms with Gasteiger partial charge >= 0.3 is 0 Å². The fourth-order valence-electron chi connectivity index (χ4n) is 3.94. The molecular weight excluding hydrogens is 356 g/mol. The minimum absolute atomic E-state index is 0.310. The molecule has 3 rings (SSSR count). The summed E-state index contributed by atoms with van der Waals surface area (Å²) in [4.78, 5) is 7.38. The monoisotopic (exact) mass is 390 g/mol. The molecule has 1 N–H and O–H groups in total. The van der Waals surface area contributed by atoms with E-state index in [1.165, 1.54) is 43.2 Å². The third kappa shape index (κ3) is 5.96. The van der Waals surface area contributed by atoms with Gasteiger partial charge in [0.25, 0.3) is 0 Å². The lowest BCUT2D eigenvalue weighted by Crippen LogP contribution is -2.35. The van der Waals surface area contributed by atoms with Crippen molar-refractivity contribution in [2.24, 2.45) is 4.99 Å². The zero-order valence-corrected chi connectivity index (χ0v) is 17.9. The molecule has 0 amide bonds. The molecule has 1 aliphatic heterocycles. The first-order valence-electron chi connectivity index (χ1n) is 11.0. The number of aliphatic imine (C=N–C) groups is 1. The van der Waals surface area contributed by atoms with Crippen molar-refractivity contribution < 1.29 is 5.11 Å². The molecular formula is C26H34N2O. The van der Waals surface area contributed by atoms with Crippen LogP contribution in [0.5, 0.6) is 5.75 Å². The number of phenols is 1. The molecule has 0 saturated heterocycles. The number of benzene rings is 2. The summed E-state index contributed by atoms with van der Waals surface area (Å²) >= 11 is 0. The second-order valence-electron chi connectivity index (χ2n) is 7.95. The highest BCUT2D eigenvalue weighted by molar-refractivity contribution is 5.90. The maximum absolute atomic E-state index is 10.4. The van der Waals surface area contributed by atoms with E-state index in [-0.39, 0.29) is 0 Å². The summed E-state index contributed by atoms with van der Waals surface area (Å²) < 4.78 is 0. The zero-order chi connectivity index (χ0) is 20.5. The number of aromatic hydroxyl groups is 1. The molecule has 154 valence electrons. The zero-order valence-electron chi connectivity index (χ0n) is 17.9. The van der Waals surface area contributed by atoms with Crippen molar-refractivity contribution in [3.63, 3.8) is 0 Å². The second kappa shape index (κ2) is 10.8. The quantitative estimate of drug-likeness (QED) is 0.474. The number of hydrogen-bond donors (Lipinski definition) is 1. The number of aryl methyl sites for hydroxylation is 1. The highest BCUT2D eigenvalue weighted by Gasteiger charge is 2.21. The van der Waals surface area contributed by atoms with Crippen LogP contribution in [0, 0.1) is 0 Å². The van der Waals surface area contributed by atoms with E-state index in [9.17, 15) is 5.11 Å². The smallest absolute Gasteiger partial charge is 0.124 e. The molecule has 0 spiro atoms. The Labute approximate surface area is 175 Å². The van der Waals surface area contributed by atoms with Gasteiger partial charge in [-0.05, 0) is 49.5 Å². The van der Waals surface area contributed by atoms with E-state index >= 15 is 0 Å². The molecule has 0 aliphatic carbocycles. The lowest BCUT2D eigenvalue weighted by molar-refractivity contribution is 0.416. The molecule has 0 fully saturated rings. The SMILES string of the molecule is CCCCCCCN1CC(CCc2ccccc2)=C(c2ccccc2O)N=C1C. The second-order valence-corrected chi connectivity index (χ2v) is 7.95. The van der Waals surface area contributed by atoms with Crippen LogP contribution in [0.15, 0.2) is 65.2 Å². The number of phenolic OH excluding ortho intramolecular Hbond substituents is 1. The van der Waals surface area contributed by atoms with Crippen LogP contribution in [0.3, 0.4) is 0 Å². The Morgan fingerprint density at radius 1 is 0.897 bits per heavy atom. The molecule has 0 atom stereocenters. The Morgan fingerprint density at radius 2 is 1.62 bits per heavy atom. The largest absolute Gasteiger partial charge is 0.507 e. The standard InChI is InChI=1S/C26H34N2O/c1-3-4-5-6-12-19-28-20-23(18-17-22-13-8-7-9-14-22)26(27-21(28)2)24-15-10-11-16-25(24)29/h7-11,13-16,29H,3-6,12,17-20H2,1-2H3. The lowest BCUT2D eigenvalue weighted by atomic mass is 9.97. The van der Waals surface area contributed by atoms with Gasteiger partial charge in [0.15, 0.2) is 0 Å². The molecule has 1 heterocycles. The van der Waals surface area contributed by atoms with Gasteiger partial charge in [-0.25, -0.2) is 4.99 Å². The molecule has 0 unspecified atom stereocenters. The van der Waals surface area contributed by atoms with Crippen molar-refractivity contribution in [1.82, 2.24) is 4.90 Å². The fourth-order valence-corrected chi connectivity index (χ4v) is 3.94. The van der Waals surface area contributed by atoms with Crippen LogP contribution < -0.4 is 0 Å². The molecule has 0 aromatic heterocycles. The summed E-state index contributed by atoms with van der Waals surface area (Å²) in [5.74, 6) is 1.37. The lowest BCUT2D eigenvalue weighted by Gasteiger charge is -2.31. The first-order chi connectivity index (χ1) is 14.2. The maximum atomic E-state index is 10.4. The number of amidine groups is 1. The average Bonchev–Trinajstić information content (AvgIpc) is 2.74. The van der Waals surface area contributed by atoms with Crippen LogP contribution in [0.1, 0.15) is 63.5 Å². The van der Waals surface area contributed by atoms with E-state index in [2.05, 4.69) is 49.1 Å². The van der Waals surface area contributed by atoms with E-state index in [4.69, 9.17) is 4.99 Å². The van der Waals surface area contributed by atoms with E-state index in [0.29, 0.717) is 5.75 Å². The average molecular weight is 391 g/mol. The normalized spacial score (nSPS) is 14.3. The summed E-state index contributed by atoms with van der Waals surface area (Å²) in [6.07, 6.45) is 8.37. The van der Waals surface area contributed by atoms with Crippen molar-refractivity contribution in [2.75, 3.05) is 13.1 Å². The highest BCUT2D eigenvalue weighted by atomic mass is 16.3. The molecule has 0 bridgehead atoms. The van der Waals surface area contributed by atoms with Gasteiger partial charge in [0.2, 0.25) is 0 Å². The van der Waals surface area contributed by atoms with Crippen LogP contribution >= 0.6 is 0 Å². The summed E-state index contributed by atoms with van der Waals surface area (Å²) in [5.41, 5.74) is 4.46. The fraction of sp³-hybridized carbons (Fsp3) is 0.423. The van der Waals surface area contributed by atoms with Gasteiger partial charge in [-0.2, -0.15) is 0 Å². The number of para-hydroxylation sites is 1. The Morgan fingerprint density at radius 3 is 2.38 bits per heavy atom. The molecule has 3 nitrogen and oxygen atoms in total. The molecule has 3 heteroatoms. The van der Waals surface area contributed by atoms with Crippen molar-refractivity contribution in [2.45, 2.75) is 58.8 Å². The molecule has 2 aromatic carbocycles. The topological polar surface area (TPSA) is 35.8 Å². The van der Waals surface area contributed by atoms with Crippen LogP contribution in [-0.4, -0.2) is 28.9 Å². The van der Waals surface area contributed by atoms with Crippen LogP contribution in [0.25, 0.3) is 5.70 Å². The van der Waals surface area contributed by atoms with Crippen molar-refractivity contribution in [3.05, 3.63) is 71.3 Å². The minimum Gasteiger partial charge on any atom is -0.507 e. The molecule has 29 heavy (non-hydrogen) atoms. The first-order valence-corrected chi connectivity index (χ1v) is 11.0. The molecule has 0 saturated carbocycles. The Bertz CT molecular complexity index is 839. The van der Waals surface area contributed by atoms with Crippen LogP contribution in [0.2, 0.25) is 0 Å². The van der Waals surface area contributed by atoms with Gasteiger partial charge in [0, 0.05) is 18.7 Å². The van der Waals surface area contributed by atoms with E-state index in [1.54, 1.807) is 6.07 Å². The Balaban J connectivity index is 1.77. The number of rotatable bonds is 10. The van der Waals surface area contributed by atoms with Crippen LogP contribution in [0.4, 0.5) is 0 Å². The van der Waals surface area contributed by atoms with Gasteiger partial charge in [-0.15, -0.1) is 0 Å². The van der Waals surface area contributed by atoms with E-state index in [0.717, 1.165) is 43.0 Å². The minimum atomic E-state index is 0.310. The Kier molecular flexibility index (Phi) is 7.92. The molecule has 0 radical (unpaired) electrons. The summed E-state index contributed by atoms with van der Waals surface area (Å²) in [6.45, 7) is 6.31. The Hall–Kier alpha value is -2.55. The number of hydrogen-bond acceptors (Lipinski definition) is 3. The van der Waals surface area contributed by atoms with Crippen molar-refractivity contribution in [1.29, 1.82) is 0 Å². The van der Waals surface area contributed by atoms with Gasteiger partial charge in [-0.3, -0.25) is 0 Å². The van der Waals surface area contributed by atoms with E-state index in [1.807, 2.05) is 18.2 Å². The predicted octanol–water partition coefficient (Wildman–Crippen LogP) is 6.44. The van der Waals surface area contributed by atoms with Crippen LogP contribution in [-0.2, 0) is 6.42 Å². The summed E-state index contributed by atoms with van der Waals surface area (Å²) in [6, 6.07) is 18.2. The van der Waals surface area contributed by atoms with Gasteiger partial charge in [0.1, 0.15) is 11.6 Å².